The number of amides is 2. The number of rotatable bonds is 5. The fourth-order valence-electron chi connectivity index (χ4n) is 3.38. The van der Waals surface area contributed by atoms with E-state index in [0.717, 1.165) is 18.5 Å². The van der Waals surface area contributed by atoms with Crippen LogP contribution in [-0.4, -0.2) is 35.7 Å². The predicted molar refractivity (Wildman–Crippen MR) is 114 cm³/mol. The van der Waals surface area contributed by atoms with Gasteiger partial charge in [-0.15, -0.1) is 11.8 Å². The lowest BCUT2D eigenvalue weighted by Crippen LogP contribution is -2.46. The van der Waals surface area contributed by atoms with Crippen LogP contribution in [-0.2, 0) is 4.79 Å². The summed E-state index contributed by atoms with van der Waals surface area (Å²) in [5, 5.41) is 6.33. The van der Waals surface area contributed by atoms with Crippen molar-refractivity contribution in [3.63, 3.8) is 0 Å². The van der Waals surface area contributed by atoms with Gasteiger partial charge in [-0.05, 0) is 50.1 Å². The van der Waals surface area contributed by atoms with Gasteiger partial charge in [0.2, 0.25) is 5.91 Å². The molecule has 2 aromatic carbocycles. The standard InChI is InChI=1S/C22H25N3O2S/c1-14-15(2)28-20-9-4-3-8-19(20)25(14)13-21(26)23-18-7-5-6-16(12-18)22(27)24-17-10-11-17/h3-9,12,14-15,17H,10-11,13H2,1-2H3,(H,23,26)(H,24,27)/t14-,15+/m0/s1. The Morgan fingerprint density at radius 1 is 1.11 bits per heavy atom. The summed E-state index contributed by atoms with van der Waals surface area (Å²) in [6.45, 7) is 4.63. The molecule has 0 radical (unpaired) electrons. The van der Waals surface area contributed by atoms with Gasteiger partial charge in [0.1, 0.15) is 0 Å². The maximum Gasteiger partial charge on any atom is 0.251 e. The molecule has 2 aliphatic rings. The van der Waals surface area contributed by atoms with Gasteiger partial charge < -0.3 is 15.5 Å². The van der Waals surface area contributed by atoms with Gasteiger partial charge in [-0.3, -0.25) is 9.59 Å². The Morgan fingerprint density at radius 3 is 2.68 bits per heavy atom. The topological polar surface area (TPSA) is 61.4 Å². The van der Waals surface area contributed by atoms with E-state index >= 15 is 0 Å². The fraction of sp³-hybridized carbons (Fsp3) is 0.364. The summed E-state index contributed by atoms with van der Waals surface area (Å²) in [4.78, 5) is 28.4. The monoisotopic (exact) mass is 395 g/mol. The third-order valence-corrected chi connectivity index (χ3v) is 6.66. The second-order valence-corrected chi connectivity index (χ2v) is 8.96. The molecule has 1 saturated carbocycles. The van der Waals surface area contributed by atoms with Crippen molar-refractivity contribution in [1.82, 2.24) is 5.32 Å². The minimum Gasteiger partial charge on any atom is -0.357 e. The maximum atomic E-state index is 12.8. The normalized spacial score (nSPS) is 21.0. The molecule has 2 atom stereocenters. The quantitative estimate of drug-likeness (QED) is 0.806. The summed E-state index contributed by atoms with van der Waals surface area (Å²) in [7, 11) is 0. The van der Waals surface area contributed by atoms with E-state index in [4.69, 9.17) is 0 Å². The molecular weight excluding hydrogens is 370 g/mol. The van der Waals surface area contributed by atoms with Gasteiger partial charge in [0.15, 0.2) is 0 Å². The Hall–Kier alpha value is -2.47. The highest BCUT2D eigenvalue weighted by molar-refractivity contribution is 8.00. The number of nitrogens with zero attached hydrogens (tertiary/aromatic N) is 1. The minimum atomic E-state index is -0.0829. The maximum absolute atomic E-state index is 12.8. The highest BCUT2D eigenvalue weighted by Gasteiger charge is 2.30. The highest BCUT2D eigenvalue weighted by Crippen LogP contribution is 2.41. The predicted octanol–water partition coefficient (Wildman–Crippen LogP) is 3.91. The van der Waals surface area contributed by atoms with Crippen LogP contribution in [0.15, 0.2) is 53.4 Å². The third kappa shape index (κ3) is 4.17. The van der Waals surface area contributed by atoms with E-state index in [2.05, 4.69) is 41.5 Å². The first-order chi connectivity index (χ1) is 13.5. The second kappa shape index (κ2) is 7.87. The van der Waals surface area contributed by atoms with Crippen LogP contribution in [0.3, 0.4) is 0 Å². The molecule has 4 rings (SSSR count). The Balaban J connectivity index is 1.45. The van der Waals surface area contributed by atoms with Crippen LogP contribution in [0.4, 0.5) is 11.4 Å². The SMILES string of the molecule is C[C@H]1Sc2ccccc2N(CC(=O)Nc2cccc(C(=O)NC3CC3)c2)[C@H]1C. The lowest BCUT2D eigenvalue weighted by molar-refractivity contribution is -0.115. The van der Waals surface area contributed by atoms with Crippen LogP contribution in [0, 0.1) is 0 Å². The molecule has 2 aromatic rings. The van der Waals surface area contributed by atoms with Crippen molar-refractivity contribution in [1.29, 1.82) is 0 Å². The number of fused-ring (bicyclic) bond motifs is 1. The first kappa shape index (κ1) is 18.9. The molecule has 1 aliphatic carbocycles. The summed E-state index contributed by atoms with van der Waals surface area (Å²) in [5.41, 5.74) is 2.33. The number of carbonyl (C=O) groups is 2. The minimum absolute atomic E-state index is 0.0805. The number of para-hydroxylation sites is 1. The summed E-state index contributed by atoms with van der Waals surface area (Å²) >= 11 is 1.85. The van der Waals surface area contributed by atoms with Gasteiger partial charge in [0.25, 0.3) is 5.91 Å². The largest absolute Gasteiger partial charge is 0.357 e. The average molecular weight is 396 g/mol. The zero-order chi connectivity index (χ0) is 19.7. The average Bonchev–Trinajstić information content (AvgIpc) is 3.49. The molecule has 0 unspecified atom stereocenters. The molecule has 0 spiro atoms. The number of carbonyl (C=O) groups excluding carboxylic acids is 2. The van der Waals surface area contributed by atoms with Crippen LogP contribution in [0.25, 0.3) is 0 Å². The highest BCUT2D eigenvalue weighted by atomic mass is 32.2. The Bertz CT molecular complexity index is 897. The van der Waals surface area contributed by atoms with E-state index in [1.807, 2.05) is 30.0 Å². The molecule has 1 fully saturated rings. The van der Waals surface area contributed by atoms with Crippen LogP contribution < -0.4 is 15.5 Å². The molecule has 5 nitrogen and oxygen atoms in total. The van der Waals surface area contributed by atoms with E-state index in [-0.39, 0.29) is 24.4 Å². The number of benzene rings is 2. The van der Waals surface area contributed by atoms with Crippen molar-refractivity contribution in [3.05, 3.63) is 54.1 Å². The summed E-state index contributed by atoms with van der Waals surface area (Å²) in [6.07, 6.45) is 2.10. The Kier molecular flexibility index (Phi) is 5.31. The second-order valence-electron chi connectivity index (χ2n) is 7.54. The van der Waals surface area contributed by atoms with E-state index in [1.165, 1.54) is 4.90 Å². The van der Waals surface area contributed by atoms with Crippen molar-refractivity contribution < 1.29 is 9.59 Å². The number of thioether (sulfide) groups is 1. The lowest BCUT2D eigenvalue weighted by Gasteiger charge is -2.39. The molecule has 2 amide bonds. The molecule has 6 heteroatoms. The van der Waals surface area contributed by atoms with Gasteiger partial charge in [0.05, 0.1) is 12.2 Å². The Labute approximate surface area is 169 Å². The molecule has 0 aromatic heterocycles. The molecule has 2 N–H and O–H groups in total. The zero-order valence-electron chi connectivity index (χ0n) is 16.1. The van der Waals surface area contributed by atoms with Crippen LogP contribution in [0.5, 0.6) is 0 Å². The van der Waals surface area contributed by atoms with Crippen molar-refractivity contribution in [2.45, 2.75) is 48.9 Å². The van der Waals surface area contributed by atoms with Crippen LogP contribution >= 0.6 is 11.8 Å². The van der Waals surface area contributed by atoms with Crippen molar-refractivity contribution in [2.24, 2.45) is 0 Å². The number of hydrogen-bond donors (Lipinski definition) is 2. The van der Waals surface area contributed by atoms with Crippen LogP contribution in [0.2, 0.25) is 0 Å². The van der Waals surface area contributed by atoms with E-state index in [1.54, 1.807) is 18.2 Å². The van der Waals surface area contributed by atoms with Gasteiger partial charge in [0, 0.05) is 33.5 Å². The smallest absolute Gasteiger partial charge is 0.251 e. The van der Waals surface area contributed by atoms with Crippen molar-refractivity contribution in [3.8, 4) is 0 Å². The third-order valence-electron chi connectivity index (χ3n) is 5.29. The summed E-state index contributed by atoms with van der Waals surface area (Å²) in [6, 6.07) is 15.9. The molecule has 1 aliphatic heterocycles. The molecular formula is C22H25N3O2S. The van der Waals surface area contributed by atoms with Gasteiger partial charge >= 0.3 is 0 Å². The molecule has 0 saturated heterocycles. The molecule has 1 heterocycles. The van der Waals surface area contributed by atoms with E-state index in [0.29, 0.717) is 22.5 Å². The van der Waals surface area contributed by atoms with Gasteiger partial charge in [-0.2, -0.15) is 0 Å². The lowest BCUT2D eigenvalue weighted by atomic mass is 10.1. The van der Waals surface area contributed by atoms with Crippen molar-refractivity contribution >= 4 is 35.0 Å². The fourth-order valence-corrected chi connectivity index (χ4v) is 4.59. The van der Waals surface area contributed by atoms with Gasteiger partial charge in [-0.1, -0.05) is 25.1 Å². The molecule has 146 valence electrons. The summed E-state index contributed by atoms with van der Waals surface area (Å²) < 4.78 is 0. The van der Waals surface area contributed by atoms with E-state index < -0.39 is 0 Å². The zero-order valence-corrected chi connectivity index (χ0v) is 17.0. The van der Waals surface area contributed by atoms with Gasteiger partial charge in [-0.25, -0.2) is 0 Å². The van der Waals surface area contributed by atoms with E-state index in [9.17, 15) is 9.59 Å². The first-order valence-corrected chi connectivity index (χ1v) is 10.6. The molecule has 28 heavy (non-hydrogen) atoms. The molecule has 0 bridgehead atoms. The van der Waals surface area contributed by atoms with Crippen molar-refractivity contribution in [2.75, 3.05) is 16.8 Å². The Morgan fingerprint density at radius 2 is 1.89 bits per heavy atom. The van der Waals surface area contributed by atoms with Crippen LogP contribution in [0.1, 0.15) is 37.0 Å². The number of anilines is 2. The number of nitrogens with one attached hydrogen (secondary N) is 2. The summed E-state index contributed by atoms with van der Waals surface area (Å²) in [5.74, 6) is -0.163. The first-order valence-electron chi connectivity index (χ1n) is 9.74. The number of hydrogen-bond acceptors (Lipinski definition) is 4.